The molecule has 4 heterocycles. The minimum Gasteiger partial charge on any atom is -0.439 e. The number of rotatable bonds is 4. The van der Waals surface area contributed by atoms with E-state index in [1.54, 1.807) is 6.20 Å². The van der Waals surface area contributed by atoms with Crippen molar-refractivity contribution in [1.82, 2.24) is 30.3 Å². The lowest BCUT2D eigenvalue weighted by Gasteiger charge is -2.33. The summed E-state index contributed by atoms with van der Waals surface area (Å²) >= 11 is 0. The molecule has 2 aliphatic rings. The minimum atomic E-state index is 0.0216. The van der Waals surface area contributed by atoms with E-state index in [9.17, 15) is 4.79 Å². The number of nitrogens with one attached hydrogen (secondary N) is 2. The van der Waals surface area contributed by atoms with Crippen LogP contribution in [0.2, 0.25) is 0 Å². The second-order valence-electron chi connectivity index (χ2n) is 7.51. The lowest BCUT2D eigenvalue weighted by molar-refractivity contribution is 0.0611. The highest BCUT2D eigenvalue weighted by Gasteiger charge is 2.28. The van der Waals surface area contributed by atoms with Crippen LogP contribution in [0.4, 0.5) is 0 Å². The first kappa shape index (κ1) is 18.1. The molecule has 0 bridgehead atoms. The molecule has 2 aliphatic heterocycles. The molecule has 1 aromatic carbocycles. The highest BCUT2D eigenvalue weighted by Crippen LogP contribution is 2.21. The number of benzene rings is 1. The fourth-order valence-electron chi connectivity index (χ4n) is 3.97. The number of piperazine rings is 1. The standard InChI is InChI=1S/C21H24N6O2/c28-21(20-16-12-22-7-6-17(16)24-25-20)27-10-8-26(9-11-27)14-19-23-13-18(29-19)15-4-2-1-3-5-15/h1-5,13,22H,6-12,14H2,(H,24,25). The molecular formula is C21H24N6O2. The Morgan fingerprint density at radius 3 is 2.79 bits per heavy atom. The molecule has 0 unspecified atom stereocenters. The molecule has 0 saturated carbocycles. The third kappa shape index (κ3) is 3.68. The van der Waals surface area contributed by atoms with E-state index in [0.717, 1.165) is 48.6 Å². The summed E-state index contributed by atoms with van der Waals surface area (Å²) in [7, 11) is 0. The second-order valence-corrected chi connectivity index (χ2v) is 7.51. The first-order valence-corrected chi connectivity index (χ1v) is 10.1. The number of oxazole rings is 1. The monoisotopic (exact) mass is 392 g/mol. The number of hydrogen-bond donors (Lipinski definition) is 2. The average Bonchev–Trinajstić information content (AvgIpc) is 3.42. The van der Waals surface area contributed by atoms with Crippen molar-refractivity contribution in [3.8, 4) is 11.3 Å². The molecule has 0 aliphatic carbocycles. The van der Waals surface area contributed by atoms with Crippen molar-refractivity contribution < 1.29 is 9.21 Å². The van der Waals surface area contributed by atoms with E-state index in [0.29, 0.717) is 37.8 Å². The Kier molecular flexibility index (Phi) is 4.87. The van der Waals surface area contributed by atoms with Gasteiger partial charge < -0.3 is 14.6 Å². The number of H-pyrrole nitrogens is 1. The zero-order valence-corrected chi connectivity index (χ0v) is 16.2. The number of hydrogen-bond acceptors (Lipinski definition) is 6. The van der Waals surface area contributed by atoms with Gasteiger partial charge in [0, 0.05) is 62.5 Å². The van der Waals surface area contributed by atoms with Crippen LogP contribution >= 0.6 is 0 Å². The zero-order valence-electron chi connectivity index (χ0n) is 16.2. The predicted octanol–water partition coefficient (Wildman–Crippen LogP) is 1.67. The van der Waals surface area contributed by atoms with Gasteiger partial charge in [0.25, 0.3) is 5.91 Å². The predicted molar refractivity (Wildman–Crippen MR) is 107 cm³/mol. The largest absolute Gasteiger partial charge is 0.439 e. The number of aromatic nitrogens is 3. The molecule has 2 N–H and O–H groups in total. The molecular weight excluding hydrogens is 368 g/mol. The van der Waals surface area contributed by atoms with Crippen LogP contribution < -0.4 is 5.32 Å². The topological polar surface area (TPSA) is 90.3 Å². The molecule has 8 heteroatoms. The molecule has 150 valence electrons. The van der Waals surface area contributed by atoms with Crippen molar-refractivity contribution in [2.45, 2.75) is 19.5 Å². The van der Waals surface area contributed by atoms with Crippen molar-refractivity contribution in [2.75, 3.05) is 32.7 Å². The maximum atomic E-state index is 12.9. The molecule has 5 rings (SSSR count). The normalized spacial score (nSPS) is 17.3. The van der Waals surface area contributed by atoms with Crippen LogP contribution in [0.25, 0.3) is 11.3 Å². The van der Waals surface area contributed by atoms with E-state index in [4.69, 9.17) is 4.42 Å². The summed E-state index contributed by atoms with van der Waals surface area (Å²) in [6.07, 6.45) is 2.67. The molecule has 2 aromatic heterocycles. The SMILES string of the molecule is O=C(c1n[nH]c2c1CNCC2)N1CCN(Cc2ncc(-c3ccccc3)o2)CC1. The molecule has 1 fully saturated rings. The van der Waals surface area contributed by atoms with Gasteiger partial charge in [-0.05, 0) is 0 Å². The average molecular weight is 392 g/mol. The van der Waals surface area contributed by atoms with E-state index in [-0.39, 0.29) is 5.91 Å². The first-order chi connectivity index (χ1) is 14.3. The van der Waals surface area contributed by atoms with Gasteiger partial charge in [0.1, 0.15) is 0 Å². The third-order valence-electron chi connectivity index (χ3n) is 5.64. The Hall–Kier alpha value is -2.97. The number of aromatic amines is 1. The Morgan fingerprint density at radius 2 is 1.97 bits per heavy atom. The fourth-order valence-corrected chi connectivity index (χ4v) is 3.97. The summed E-state index contributed by atoms with van der Waals surface area (Å²) in [4.78, 5) is 21.5. The summed E-state index contributed by atoms with van der Waals surface area (Å²) in [6, 6.07) is 9.98. The number of nitrogens with zero attached hydrogens (tertiary/aromatic N) is 4. The van der Waals surface area contributed by atoms with Gasteiger partial charge in [-0.25, -0.2) is 4.98 Å². The van der Waals surface area contributed by atoms with Gasteiger partial charge in [0.05, 0.1) is 12.7 Å². The van der Waals surface area contributed by atoms with Gasteiger partial charge in [-0.2, -0.15) is 5.10 Å². The molecule has 29 heavy (non-hydrogen) atoms. The van der Waals surface area contributed by atoms with E-state index < -0.39 is 0 Å². The molecule has 0 spiro atoms. The van der Waals surface area contributed by atoms with Crippen molar-refractivity contribution in [1.29, 1.82) is 0 Å². The van der Waals surface area contributed by atoms with E-state index in [1.807, 2.05) is 35.2 Å². The highest BCUT2D eigenvalue weighted by molar-refractivity contribution is 5.94. The van der Waals surface area contributed by atoms with Gasteiger partial charge >= 0.3 is 0 Å². The number of fused-ring (bicyclic) bond motifs is 1. The number of carbonyl (C=O) groups excluding carboxylic acids is 1. The van der Waals surface area contributed by atoms with Crippen molar-refractivity contribution in [3.63, 3.8) is 0 Å². The van der Waals surface area contributed by atoms with Crippen LogP contribution in [0.5, 0.6) is 0 Å². The lowest BCUT2D eigenvalue weighted by atomic mass is 10.1. The maximum Gasteiger partial charge on any atom is 0.274 e. The summed E-state index contributed by atoms with van der Waals surface area (Å²) in [5.41, 5.74) is 3.71. The van der Waals surface area contributed by atoms with Crippen LogP contribution in [0, 0.1) is 0 Å². The van der Waals surface area contributed by atoms with Crippen LogP contribution in [0.3, 0.4) is 0 Å². The molecule has 1 amide bonds. The Labute approximate surface area is 168 Å². The number of amides is 1. The van der Waals surface area contributed by atoms with E-state index in [2.05, 4.69) is 25.4 Å². The minimum absolute atomic E-state index is 0.0216. The third-order valence-corrected chi connectivity index (χ3v) is 5.64. The van der Waals surface area contributed by atoms with Gasteiger partial charge in [-0.1, -0.05) is 30.3 Å². The zero-order chi connectivity index (χ0) is 19.6. The lowest BCUT2D eigenvalue weighted by Crippen LogP contribution is -2.48. The van der Waals surface area contributed by atoms with Crippen molar-refractivity contribution in [2.24, 2.45) is 0 Å². The van der Waals surface area contributed by atoms with E-state index in [1.165, 1.54) is 0 Å². The molecule has 0 atom stereocenters. The summed E-state index contributed by atoms with van der Waals surface area (Å²) < 4.78 is 5.91. The van der Waals surface area contributed by atoms with Gasteiger partial charge in [0.15, 0.2) is 11.5 Å². The second kappa shape index (κ2) is 7.81. The summed E-state index contributed by atoms with van der Waals surface area (Å²) in [6.45, 7) is 5.23. The Morgan fingerprint density at radius 1 is 1.14 bits per heavy atom. The maximum absolute atomic E-state index is 12.9. The van der Waals surface area contributed by atoms with Crippen LogP contribution in [-0.2, 0) is 19.5 Å². The molecule has 1 saturated heterocycles. The van der Waals surface area contributed by atoms with Crippen LogP contribution in [0.1, 0.15) is 27.6 Å². The first-order valence-electron chi connectivity index (χ1n) is 10.1. The van der Waals surface area contributed by atoms with Crippen molar-refractivity contribution >= 4 is 5.91 Å². The Bertz CT molecular complexity index is 988. The fraction of sp³-hybridized carbons (Fsp3) is 0.381. The van der Waals surface area contributed by atoms with Gasteiger partial charge in [-0.3, -0.25) is 14.8 Å². The Balaban J connectivity index is 1.18. The van der Waals surface area contributed by atoms with E-state index >= 15 is 0 Å². The van der Waals surface area contributed by atoms with Gasteiger partial charge in [0.2, 0.25) is 5.89 Å². The molecule has 3 aromatic rings. The smallest absolute Gasteiger partial charge is 0.274 e. The number of carbonyl (C=O) groups is 1. The quantitative estimate of drug-likeness (QED) is 0.702. The molecule has 8 nitrogen and oxygen atoms in total. The van der Waals surface area contributed by atoms with Gasteiger partial charge in [-0.15, -0.1) is 0 Å². The van der Waals surface area contributed by atoms with Crippen LogP contribution in [-0.4, -0.2) is 63.6 Å². The van der Waals surface area contributed by atoms with Crippen LogP contribution in [0.15, 0.2) is 40.9 Å². The van der Waals surface area contributed by atoms with Crippen molar-refractivity contribution in [3.05, 3.63) is 59.4 Å². The molecule has 0 radical (unpaired) electrons. The summed E-state index contributed by atoms with van der Waals surface area (Å²) in [5, 5.41) is 10.6. The summed E-state index contributed by atoms with van der Waals surface area (Å²) in [5.74, 6) is 1.51. The highest BCUT2D eigenvalue weighted by atomic mass is 16.4.